The summed E-state index contributed by atoms with van der Waals surface area (Å²) in [4.78, 5) is 8.58. The van der Waals surface area contributed by atoms with Crippen LogP contribution in [0.25, 0.3) is 5.78 Å². The SMILES string of the molecule is Cc1nc2nc(C)c(N)c(Cc3ccco3)n2n1. The van der Waals surface area contributed by atoms with Gasteiger partial charge in [0.25, 0.3) is 5.78 Å². The number of nitrogens with zero attached hydrogens (tertiary/aromatic N) is 4. The zero-order chi connectivity index (χ0) is 12.7. The van der Waals surface area contributed by atoms with E-state index in [9.17, 15) is 0 Å². The predicted molar refractivity (Wildman–Crippen MR) is 66.2 cm³/mol. The van der Waals surface area contributed by atoms with E-state index in [1.165, 1.54) is 0 Å². The quantitative estimate of drug-likeness (QED) is 0.737. The number of hydrogen-bond donors (Lipinski definition) is 1. The molecule has 0 atom stereocenters. The van der Waals surface area contributed by atoms with Crippen molar-refractivity contribution >= 4 is 11.5 Å². The third-order valence-corrected chi connectivity index (χ3v) is 2.84. The number of hydrogen-bond acceptors (Lipinski definition) is 5. The second-order valence-electron chi connectivity index (χ2n) is 4.18. The number of nitrogens with two attached hydrogens (primary N) is 1. The van der Waals surface area contributed by atoms with E-state index in [4.69, 9.17) is 10.2 Å². The van der Waals surface area contributed by atoms with Crippen LogP contribution in [-0.2, 0) is 6.42 Å². The molecule has 18 heavy (non-hydrogen) atoms. The van der Waals surface area contributed by atoms with Crippen LogP contribution >= 0.6 is 0 Å². The standard InChI is InChI=1S/C12H13N5O/c1-7-11(13)10(6-9-4-3-5-18-9)17-12(14-7)15-8(2)16-17/h3-5H,6,13H2,1-2H3. The van der Waals surface area contributed by atoms with Crippen molar-refractivity contribution < 1.29 is 4.42 Å². The molecule has 0 unspecified atom stereocenters. The average Bonchev–Trinajstić information content (AvgIpc) is 2.93. The predicted octanol–water partition coefficient (Wildman–Crippen LogP) is 1.51. The third kappa shape index (κ3) is 1.62. The molecule has 0 amide bonds. The van der Waals surface area contributed by atoms with Crippen LogP contribution in [0.3, 0.4) is 0 Å². The third-order valence-electron chi connectivity index (χ3n) is 2.84. The van der Waals surface area contributed by atoms with Gasteiger partial charge in [-0.1, -0.05) is 0 Å². The Morgan fingerprint density at radius 3 is 2.89 bits per heavy atom. The van der Waals surface area contributed by atoms with Gasteiger partial charge in [0.1, 0.15) is 11.6 Å². The Labute approximate surface area is 103 Å². The maximum Gasteiger partial charge on any atom is 0.253 e. The Balaban J connectivity index is 2.21. The number of furan rings is 1. The van der Waals surface area contributed by atoms with E-state index < -0.39 is 0 Å². The van der Waals surface area contributed by atoms with E-state index in [-0.39, 0.29) is 0 Å². The number of nitrogen functional groups attached to an aromatic ring is 1. The number of aryl methyl sites for hydroxylation is 2. The van der Waals surface area contributed by atoms with E-state index in [1.807, 2.05) is 26.0 Å². The van der Waals surface area contributed by atoms with Gasteiger partial charge in [-0.3, -0.25) is 0 Å². The van der Waals surface area contributed by atoms with Gasteiger partial charge >= 0.3 is 0 Å². The van der Waals surface area contributed by atoms with Gasteiger partial charge in [-0.05, 0) is 26.0 Å². The molecule has 0 saturated carbocycles. The summed E-state index contributed by atoms with van der Waals surface area (Å²) in [5, 5.41) is 4.32. The highest BCUT2D eigenvalue weighted by Gasteiger charge is 2.14. The van der Waals surface area contributed by atoms with Crippen LogP contribution in [0.2, 0.25) is 0 Å². The summed E-state index contributed by atoms with van der Waals surface area (Å²) in [7, 11) is 0. The van der Waals surface area contributed by atoms with E-state index in [0.29, 0.717) is 23.7 Å². The molecule has 3 aromatic rings. The molecule has 0 fully saturated rings. The second-order valence-corrected chi connectivity index (χ2v) is 4.18. The molecule has 0 radical (unpaired) electrons. The molecule has 0 bridgehead atoms. The van der Waals surface area contributed by atoms with Crippen LogP contribution in [0.4, 0.5) is 5.69 Å². The minimum atomic E-state index is 0.570. The molecule has 0 aliphatic rings. The van der Waals surface area contributed by atoms with Gasteiger partial charge in [0, 0.05) is 0 Å². The highest BCUT2D eigenvalue weighted by Crippen LogP contribution is 2.20. The van der Waals surface area contributed by atoms with E-state index in [0.717, 1.165) is 17.1 Å². The fraction of sp³-hybridized carbons (Fsp3) is 0.250. The van der Waals surface area contributed by atoms with Crippen LogP contribution in [0, 0.1) is 13.8 Å². The van der Waals surface area contributed by atoms with Crippen LogP contribution in [0.5, 0.6) is 0 Å². The highest BCUT2D eigenvalue weighted by atomic mass is 16.3. The first kappa shape index (κ1) is 10.8. The monoisotopic (exact) mass is 243 g/mol. The molecule has 0 spiro atoms. The Hall–Kier alpha value is -2.37. The summed E-state index contributed by atoms with van der Waals surface area (Å²) in [6.45, 7) is 3.70. The largest absolute Gasteiger partial charge is 0.469 e. The van der Waals surface area contributed by atoms with Crippen LogP contribution in [-0.4, -0.2) is 19.6 Å². The first-order chi connectivity index (χ1) is 8.65. The van der Waals surface area contributed by atoms with Gasteiger partial charge in [0.2, 0.25) is 0 Å². The van der Waals surface area contributed by atoms with Crippen molar-refractivity contribution in [3.05, 3.63) is 41.4 Å². The average molecular weight is 243 g/mol. The van der Waals surface area contributed by atoms with Gasteiger partial charge in [-0.2, -0.15) is 9.50 Å². The van der Waals surface area contributed by atoms with Gasteiger partial charge in [-0.25, -0.2) is 4.98 Å². The topological polar surface area (TPSA) is 82.2 Å². The van der Waals surface area contributed by atoms with Crippen LogP contribution in [0.1, 0.15) is 23.0 Å². The smallest absolute Gasteiger partial charge is 0.253 e. The first-order valence-electron chi connectivity index (χ1n) is 5.66. The van der Waals surface area contributed by atoms with Crippen molar-refractivity contribution in [3.63, 3.8) is 0 Å². The maximum atomic E-state index is 6.08. The molecule has 0 saturated heterocycles. The van der Waals surface area contributed by atoms with E-state index >= 15 is 0 Å². The molecule has 6 nitrogen and oxygen atoms in total. The summed E-state index contributed by atoms with van der Waals surface area (Å²) < 4.78 is 7.03. The van der Waals surface area contributed by atoms with Gasteiger partial charge in [-0.15, -0.1) is 5.10 Å². The maximum absolute atomic E-state index is 6.08. The fourth-order valence-corrected chi connectivity index (χ4v) is 1.94. The first-order valence-corrected chi connectivity index (χ1v) is 5.66. The normalized spacial score (nSPS) is 11.2. The lowest BCUT2D eigenvalue weighted by atomic mass is 10.2. The van der Waals surface area contributed by atoms with Crippen LogP contribution in [0.15, 0.2) is 22.8 Å². The lowest BCUT2D eigenvalue weighted by Gasteiger charge is -2.08. The number of anilines is 1. The lowest BCUT2D eigenvalue weighted by Crippen LogP contribution is -2.09. The zero-order valence-electron chi connectivity index (χ0n) is 10.2. The number of fused-ring (bicyclic) bond motifs is 1. The molecule has 3 rings (SSSR count). The highest BCUT2D eigenvalue weighted by molar-refractivity contribution is 5.52. The van der Waals surface area contributed by atoms with Crippen molar-refractivity contribution in [2.24, 2.45) is 0 Å². The second kappa shape index (κ2) is 3.83. The molecule has 0 aromatic carbocycles. The molecular weight excluding hydrogens is 230 g/mol. The van der Waals surface area contributed by atoms with Gasteiger partial charge in [0.05, 0.1) is 29.8 Å². The molecule has 6 heteroatoms. The minimum Gasteiger partial charge on any atom is -0.469 e. The Morgan fingerprint density at radius 2 is 2.17 bits per heavy atom. The molecule has 2 N–H and O–H groups in total. The van der Waals surface area contributed by atoms with E-state index in [1.54, 1.807) is 10.8 Å². The Kier molecular flexibility index (Phi) is 2.29. The number of rotatable bonds is 2. The summed E-state index contributed by atoms with van der Waals surface area (Å²) in [5.41, 5.74) is 8.33. The van der Waals surface area contributed by atoms with Crippen molar-refractivity contribution in [2.75, 3.05) is 5.73 Å². The molecule has 0 aliphatic carbocycles. The van der Waals surface area contributed by atoms with E-state index in [2.05, 4.69) is 15.1 Å². The summed E-state index contributed by atoms with van der Waals surface area (Å²) in [6, 6.07) is 3.76. The van der Waals surface area contributed by atoms with Crippen LogP contribution < -0.4 is 5.73 Å². The lowest BCUT2D eigenvalue weighted by molar-refractivity contribution is 0.517. The zero-order valence-corrected chi connectivity index (χ0v) is 10.2. The molecule has 3 aromatic heterocycles. The Morgan fingerprint density at radius 1 is 1.33 bits per heavy atom. The van der Waals surface area contributed by atoms with Gasteiger partial charge in [0.15, 0.2) is 0 Å². The summed E-state index contributed by atoms with van der Waals surface area (Å²) in [6.07, 6.45) is 2.21. The number of aromatic nitrogens is 4. The summed E-state index contributed by atoms with van der Waals surface area (Å²) in [5.74, 6) is 2.08. The molecule has 92 valence electrons. The van der Waals surface area contributed by atoms with Crippen molar-refractivity contribution in [1.29, 1.82) is 0 Å². The fourth-order valence-electron chi connectivity index (χ4n) is 1.94. The summed E-state index contributed by atoms with van der Waals surface area (Å²) >= 11 is 0. The van der Waals surface area contributed by atoms with Gasteiger partial charge < -0.3 is 10.2 Å². The molecule has 0 aliphatic heterocycles. The molecular formula is C12H13N5O. The van der Waals surface area contributed by atoms with Crippen molar-refractivity contribution in [1.82, 2.24) is 19.6 Å². The minimum absolute atomic E-state index is 0.570. The van der Waals surface area contributed by atoms with Crippen molar-refractivity contribution in [2.45, 2.75) is 20.3 Å². The molecule has 3 heterocycles. The van der Waals surface area contributed by atoms with Crippen molar-refractivity contribution in [3.8, 4) is 0 Å². The Bertz CT molecular complexity index is 699.